The maximum atomic E-state index is 13.7. The van der Waals surface area contributed by atoms with Crippen LogP contribution in [0.15, 0.2) is 29.6 Å². The Labute approximate surface area is 163 Å². The van der Waals surface area contributed by atoms with E-state index in [0.29, 0.717) is 25.2 Å². The highest BCUT2D eigenvalue weighted by molar-refractivity contribution is 7.09. The van der Waals surface area contributed by atoms with Crippen LogP contribution in [-0.2, 0) is 11.8 Å². The Morgan fingerprint density at radius 3 is 2.77 bits per heavy atom. The van der Waals surface area contributed by atoms with Crippen LogP contribution < -0.4 is 11.1 Å². The monoisotopic (exact) mass is 397 g/mol. The van der Waals surface area contributed by atoms with Crippen molar-refractivity contribution in [3.63, 3.8) is 0 Å². The van der Waals surface area contributed by atoms with Crippen molar-refractivity contribution in [1.82, 2.24) is 10.3 Å². The fourth-order valence-electron chi connectivity index (χ4n) is 3.61. The zero-order chi connectivity index (χ0) is 17.7. The van der Waals surface area contributed by atoms with Gasteiger partial charge in [0, 0.05) is 23.8 Å². The number of rotatable bonds is 6. The number of carbonyl (C=O) groups excluding carboxylic acids is 1. The number of hydrogen-bond donors (Lipinski definition) is 2. The number of carbonyl (C=O) groups is 1. The Kier molecular flexibility index (Phi) is 7.55. The lowest BCUT2D eigenvalue weighted by Crippen LogP contribution is -2.42. The standard InChI is InChI=1S/C19H24FN3OS.ClH/c20-15-6-4-5-14(11-15)19(8-2-1-3-9-19)13-22-18(24)16-12-25-17(23-16)7-10-21;/h4-6,11-12H,1-3,7-10,13,21H2,(H,22,24);1H. The van der Waals surface area contributed by atoms with Gasteiger partial charge in [0.05, 0.1) is 5.01 Å². The summed E-state index contributed by atoms with van der Waals surface area (Å²) in [4.78, 5) is 16.8. The van der Waals surface area contributed by atoms with Crippen molar-refractivity contribution in [3.05, 3.63) is 51.7 Å². The molecular weight excluding hydrogens is 373 g/mol. The second kappa shape index (κ2) is 9.44. The number of nitrogens with zero attached hydrogens (tertiary/aromatic N) is 1. The van der Waals surface area contributed by atoms with Gasteiger partial charge in [-0.25, -0.2) is 9.37 Å². The zero-order valence-corrected chi connectivity index (χ0v) is 16.3. The second-order valence-corrected chi connectivity index (χ2v) is 7.64. The molecule has 1 aliphatic carbocycles. The molecule has 0 aliphatic heterocycles. The fourth-order valence-corrected chi connectivity index (χ4v) is 4.40. The Hall–Kier alpha value is -1.50. The summed E-state index contributed by atoms with van der Waals surface area (Å²) in [5.41, 5.74) is 6.77. The van der Waals surface area contributed by atoms with Crippen molar-refractivity contribution in [2.24, 2.45) is 5.73 Å². The smallest absolute Gasteiger partial charge is 0.270 e. The van der Waals surface area contributed by atoms with Crippen LogP contribution >= 0.6 is 23.7 Å². The zero-order valence-electron chi connectivity index (χ0n) is 14.7. The van der Waals surface area contributed by atoms with Crippen molar-refractivity contribution in [2.45, 2.75) is 43.9 Å². The number of nitrogens with two attached hydrogens (primary N) is 1. The van der Waals surface area contributed by atoms with Crippen LogP contribution in [0.2, 0.25) is 0 Å². The Bertz CT molecular complexity index is 731. The molecule has 1 saturated carbocycles. The molecule has 0 spiro atoms. The molecule has 142 valence electrons. The highest BCUT2D eigenvalue weighted by Gasteiger charge is 2.34. The first-order chi connectivity index (χ1) is 12.1. The fraction of sp³-hybridized carbons (Fsp3) is 0.474. The van der Waals surface area contributed by atoms with Crippen molar-refractivity contribution in [1.29, 1.82) is 0 Å². The van der Waals surface area contributed by atoms with Crippen LogP contribution in [0.5, 0.6) is 0 Å². The first kappa shape index (κ1) is 20.8. The Balaban J connectivity index is 0.00000243. The lowest BCUT2D eigenvalue weighted by molar-refractivity contribution is 0.0932. The molecule has 0 atom stereocenters. The molecule has 0 radical (unpaired) electrons. The number of amides is 1. The highest BCUT2D eigenvalue weighted by atomic mass is 35.5. The minimum atomic E-state index is -0.222. The minimum Gasteiger partial charge on any atom is -0.350 e. The third kappa shape index (κ3) is 4.81. The molecule has 0 bridgehead atoms. The van der Waals surface area contributed by atoms with Gasteiger partial charge < -0.3 is 11.1 Å². The van der Waals surface area contributed by atoms with Crippen LogP contribution in [0.4, 0.5) is 4.39 Å². The molecule has 0 saturated heterocycles. The van der Waals surface area contributed by atoms with Crippen molar-refractivity contribution in [3.8, 4) is 0 Å². The molecule has 26 heavy (non-hydrogen) atoms. The Morgan fingerprint density at radius 2 is 2.08 bits per heavy atom. The lowest BCUT2D eigenvalue weighted by Gasteiger charge is -2.38. The Morgan fingerprint density at radius 1 is 1.31 bits per heavy atom. The van der Waals surface area contributed by atoms with Crippen LogP contribution in [-0.4, -0.2) is 24.0 Å². The van der Waals surface area contributed by atoms with Crippen molar-refractivity contribution < 1.29 is 9.18 Å². The summed E-state index contributed by atoms with van der Waals surface area (Å²) in [6, 6.07) is 6.80. The number of nitrogens with one attached hydrogen (secondary N) is 1. The van der Waals surface area contributed by atoms with Gasteiger partial charge in [-0.15, -0.1) is 23.7 Å². The normalized spacial score (nSPS) is 15.9. The van der Waals surface area contributed by atoms with E-state index in [1.165, 1.54) is 23.8 Å². The number of thiazole rings is 1. The molecular formula is C19H25ClFN3OS. The number of benzene rings is 1. The maximum Gasteiger partial charge on any atom is 0.270 e. The average molecular weight is 398 g/mol. The molecule has 3 rings (SSSR count). The summed E-state index contributed by atoms with van der Waals surface area (Å²) in [7, 11) is 0. The first-order valence-electron chi connectivity index (χ1n) is 8.82. The van der Waals surface area contributed by atoms with E-state index in [1.807, 2.05) is 6.07 Å². The van der Waals surface area contributed by atoms with Crippen molar-refractivity contribution in [2.75, 3.05) is 13.1 Å². The van der Waals surface area contributed by atoms with E-state index in [2.05, 4.69) is 10.3 Å². The van der Waals surface area contributed by atoms with Gasteiger partial charge in [-0.1, -0.05) is 31.4 Å². The maximum absolute atomic E-state index is 13.7. The van der Waals surface area contributed by atoms with Crippen LogP contribution in [0.1, 0.15) is 53.2 Å². The SMILES string of the molecule is Cl.NCCc1nc(C(=O)NCC2(c3cccc(F)c3)CCCCC2)cs1. The second-order valence-electron chi connectivity index (χ2n) is 6.70. The predicted octanol–water partition coefficient (Wildman–Crippen LogP) is 3.84. The quantitative estimate of drug-likeness (QED) is 0.778. The van der Waals surface area contributed by atoms with Crippen LogP contribution in [0.3, 0.4) is 0 Å². The van der Waals surface area contributed by atoms with E-state index >= 15 is 0 Å². The van der Waals surface area contributed by atoms with Crippen LogP contribution in [0.25, 0.3) is 0 Å². The molecule has 4 nitrogen and oxygen atoms in total. The summed E-state index contributed by atoms with van der Waals surface area (Å²) in [6.45, 7) is 1.04. The van der Waals surface area contributed by atoms with Gasteiger partial charge in [-0.3, -0.25) is 4.79 Å². The first-order valence-corrected chi connectivity index (χ1v) is 9.70. The molecule has 2 aromatic rings. The summed E-state index contributed by atoms with van der Waals surface area (Å²) >= 11 is 1.46. The van der Waals surface area contributed by atoms with E-state index in [4.69, 9.17) is 5.73 Å². The molecule has 1 fully saturated rings. The highest BCUT2D eigenvalue weighted by Crippen LogP contribution is 2.39. The molecule has 1 heterocycles. The number of aromatic nitrogens is 1. The predicted molar refractivity (Wildman–Crippen MR) is 106 cm³/mol. The van der Waals surface area contributed by atoms with Gasteiger partial charge in [0.25, 0.3) is 5.91 Å². The van der Waals surface area contributed by atoms with E-state index in [1.54, 1.807) is 17.5 Å². The van der Waals surface area contributed by atoms with Gasteiger partial charge in [0.1, 0.15) is 11.5 Å². The topological polar surface area (TPSA) is 68.0 Å². The van der Waals surface area contributed by atoms with Gasteiger partial charge in [-0.05, 0) is 37.1 Å². The van der Waals surface area contributed by atoms with Gasteiger partial charge >= 0.3 is 0 Å². The summed E-state index contributed by atoms with van der Waals surface area (Å²) in [6.07, 6.45) is 6.01. The summed E-state index contributed by atoms with van der Waals surface area (Å²) < 4.78 is 13.7. The summed E-state index contributed by atoms with van der Waals surface area (Å²) in [5.74, 6) is -0.388. The van der Waals surface area contributed by atoms with Crippen molar-refractivity contribution >= 4 is 29.7 Å². The molecule has 1 aliphatic rings. The van der Waals surface area contributed by atoms with E-state index in [-0.39, 0.29) is 29.5 Å². The van der Waals surface area contributed by atoms with E-state index in [0.717, 1.165) is 36.3 Å². The largest absolute Gasteiger partial charge is 0.350 e. The third-order valence-corrected chi connectivity index (χ3v) is 5.89. The molecule has 3 N–H and O–H groups in total. The van der Waals surface area contributed by atoms with Gasteiger partial charge in [0.15, 0.2) is 0 Å². The molecule has 1 amide bonds. The molecule has 1 aromatic heterocycles. The van der Waals surface area contributed by atoms with E-state index in [9.17, 15) is 9.18 Å². The summed E-state index contributed by atoms with van der Waals surface area (Å²) in [5, 5.41) is 5.69. The van der Waals surface area contributed by atoms with Gasteiger partial charge in [-0.2, -0.15) is 0 Å². The third-order valence-electron chi connectivity index (χ3n) is 4.98. The molecule has 7 heteroatoms. The van der Waals surface area contributed by atoms with Gasteiger partial charge in [0.2, 0.25) is 0 Å². The molecule has 1 aromatic carbocycles. The minimum absolute atomic E-state index is 0. The van der Waals surface area contributed by atoms with E-state index < -0.39 is 0 Å². The lowest BCUT2D eigenvalue weighted by atomic mass is 9.69. The average Bonchev–Trinajstić information content (AvgIpc) is 3.10. The van der Waals surface area contributed by atoms with Crippen LogP contribution in [0, 0.1) is 5.82 Å². The molecule has 0 unspecified atom stereocenters. The number of halogens is 2. The number of hydrogen-bond acceptors (Lipinski definition) is 4.